The van der Waals surface area contributed by atoms with Crippen LogP contribution in [0.5, 0.6) is 0 Å². The Hall–Kier alpha value is -1.38. The normalized spacial score (nSPS) is 17.0. The van der Waals surface area contributed by atoms with Gasteiger partial charge in [-0.2, -0.15) is 0 Å². The van der Waals surface area contributed by atoms with Crippen molar-refractivity contribution in [2.45, 2.75) is 18.8 Å². The molecule has 0 unspecified atom stereocenters. The van der Waals surface area contributed by atoms with Gasteiger partial charge in [0.2, 0.25) is 0 Å². The summed E-state index contributed by atoms with van der Waals surface area (Å²) in [5.74, 6) is 0.700. The first-order valence-corrected chi connectivity index (χ1v) is 4.23. The van der Waals surface area contributed by atoms with Crippen molar-refractivity contribution in [3.63, 3.8) is 0 Å². The summed E-state index contributed by atoms with van der Waals surface area (Å²) >= 11 is 0. The van der Waals surface area contributed by atoms with E-state index >= 15 is 0 Å². The molecule has 12 heavy (non-hydrogen) atoms. The minimum Gasteiger partial charge on any atom is -0.346 e. The van der Waals surface area contributed by atoms with E-state index in [1.807, 2.05) is 6.20 Å². The van der Waals surface area contributed by atoms with Crippen LogP contribution in [0.4, 0.5) is 0 Å². The summed E-state index contributed by atoms with van der Waals surface area (Å²) in [6.07, 6.45) is 6.15. The van der Waals surface area contributed by atoms with E-state index in [2.05, 4.69) is 21.0 Å². The van der Waals surface area contributed by atoms with Gasteiger partial charge in [-0.1, -0.05) is 0 Å². The molecule has 0 bridgehead atoms. The molecule has 1 aliphatic rings. The number of H-pyrrole nitrogens is 1. The number of aromatic amines is 1. The molecule has 1 fully saturated rings. The number of hydrogen-bond donors (Lipinski definition) is 1. The molecule has 2 aromatic heterocycles. The molecule has 0 aromatic carbocycles. The molecule has 3 nitrogen and oxygen atoms in total. The van der Waals surface area contributed by atoms with E-state index in [-0.39, 0.29) is 0 Å². The van der Waals surface area contributed by atoms with Gasteiger partial charge in [0.25, 0.3) is 0 Å². The fourth-order valence-electron chi connectivity index (χ4n) is 1.57. The Morgan fingerprint density at radius 1 is 1.33 bits per heavy atom. The standard InChI is InChI=1S/C9H9N3/c1-2-6(1)8-7-3-4-10-9(7)12-5-11-8/h3-6H,1-2H2,(H,10,11,12). The van der Waals surface area contributed by atoms with Gasteiger partial charge in [-0.25, -0.2) is 9.97 Å². The zero-order valence-corrected chi connectivity index (χ0v) is 6.62. The quantitative estimate of drug-likeness (QED) is 0.689. The minimum absolute atomic E-state index is 0.700. The first kappa shape index (κ1) is 6.17. The van der Waals surface area contributed by atoms with Crippen LogP contribution < -0.4 is 0 Å². The van der Waals surface area contributed by atoms with Crippen molar-refractivity contribution in [3.05, 3.63) is 24.3 Å². The average molecular weight is 159 g/mol. The maximum absolute atomic E-state index is 4.31. The smallest absolute Gasteiger partial charge is 0.140 e. The Kier molecular flexibility index (Phi) is 1.06. The summed E-state index contributed by atoms with van der Waals surface area (Å²) in [6.45, 7) is 0. The van der Waals surface area contributed by atoms with Gasteiger partial charge in [0, 0.05) is 17.5 Å². The van der Waals surface area contributed by atoms with E-state index < -0.39 is 0 Å². The highest BCUT2D eigenvalue weighted by molar-refractivity contribution is 5.78. The average Bonchev–Trinajstić information content (AvgIpc) is 2.82. The van der Waals surface area contributed by atoms with Crippen LogP contribution in [-0.4, -0.2) is 15.0 Å². The maximum Gasteiger partial charge on any atom is 0.140 e. The van der Waals surface area contributed by atoms with Gasteiger partial charge in [-0.05, 0) is 18.9 Å². The highest BCUT2D eigenvalue weighted by Gasteiger charge is 2.26. The molecule has 0 aliphatic heterocycles. The van der Waals surface area contributed by atoms with Crippen molar-refractivity contribution in [3.8, 4) is 0 Å². The van der Waals surface area contributed by atoms with Crippen LogP contribution in [0.1, 0.15) is 24.5 Å². The minimum atomic E-state index is 0.700. The van der Waals surface area contributed by atoms with Crippen LogP contribution in [0.3, 0.4) is 0 Å². The third-order valence-electron chi connectivity index (χ3n) is 2.35. The lowest BCUT2D eigenvalue weighted by molar-refractivity contribution is 1.02. The van der Waals surface area contributed by atoms with E-state index in [0.29, 0.717) is 5.92 Å². The van der Waals surface area contributed by atoms with Crippen LogP contribution >= 0.6 is 0 Å². The summed E-state index contributed by atoms with van der Waals surface area (Å²) < 4.78 is 0. The Balaban J connectivity index is 2.32. The topological polar surface area (TPSA) is 41.6 Å². The second-order valence-corrected chi connectivity index (χ2v) is 3.27. The summed E-state index contributed by atoms with van der Waals surface area (Å²) in [7, 11) is 0. The molecular formula is C9H9N3. The number of nitrogens with zero attached hydrogens (tertiary/aromatic N) is 2. The van der Waals surface area contributed by atoms with Crippen LogP contribution in [0.15, 0.2) is 18.6 Å². The molecule has 1 aliphatic carbocycles. The van der Waals surface area contributed by atoms with Crippen molar-refractivity contribution in [1.29, 1.82) is 0 Å². The molecule has 3 rings (SSSR count). The molecule has 2 aromatic rings. The first-order chi connectivity index (χ1) is 5.95. The number of nitrogens with one attached hydrogen (secondary N) is 1. The lowest BCUT2D eigenvalue weighted by Crippen LogP contribution is -1.88. The maximum atomic E-state index is 4.31. The Bertz CT molecular complexity index is 414. The van der Waals surface area contributed by atoms with Crippen molar-refractivity contribution in [1.82, 2.24) is 15.0 Å². The summed E-state index contributed by atoms with van der Waals surface area (Å²) in [5.41, 5.74) is 2.19. The van der Waals surface area contributed by atoms with Crippen molar-refractivity contribution < 1.29 is 0 Å². The molecular weight excluding hydrogens is 150 g/mol. The highest BCUT2D eigenvalue weighted by Crippen LogP contribution is 2.41. The predicted octanol–water partition coefficient (Wildman–Crippen LogP) is 1.84. The lowest BCUT2D eigenvalue weighted by atomic mass is 10.2. The largest absolute Gasteiger partial charge is 0.346 e. The summed E-state index contributed by atoms with van der Waals surface area (Å²) in [5, 5.41) is 1.19. The van der Waals surface area contributed by atoms with Crippen molar-refractivity contribution in [2.24, 2.45) is 0 Å². The molecule has 0 spiro atoms. The molecule has 0 amide bonds. The first-order valence-electron chi connectivity index (χ1n) is 4.23. The SMILES string of the molecule is c1nc(C2CC2)c2cc[nH]c2n1. The molecule has 2 heterocycles. The van der Waals surface area contributed by atoms with Gasteiger partial charge in [-0.3, -0.25) is 0 Å². The second kappa shape index (κ2) is 2.06. The molecule has 1 saturated carbocycles. The zero-order valence-electron chi connectivity index (χ0n) is 6.62. The monoisotopic (exact) mass is 159 g/mol. The van der Waals surface area contributed by atoms with Gasteiger partial charge in [0.05, 0.1) is 5.69 Å². The number of rotatable bonds is 1. The third-order valence-corrected chi connectivity index (χ3v) is 2.35. The van der Waals surface area contributed by atoms with Gasteiger partial charge < -0.3 is 4.98 Å². The van der Waals surface area contributed by atoms with E-state index in [1.165, 1.54) is 23.9 Å². The fourth-order valence-corrected chi connectivity index (χ4v) is 1.57. The summed E-state index contributed by atoms with van der Waals surface area (Å²) in [4.78, 5) is 11.5. The summed E-state index contributed by atoms with van der Waals surface area (Å²) in [6, 6.07) is 2.06. The molecule has 0 radical (unpaired) electrons. The van der Waals surface area contributed by atoms with E-state index in [0.717, 1.165) is 5.65 Å². The Morgan fingerprint density at radius 3 is 3.08 bits per heavy atom. The Morgan fingerprint density at radius 2 is 2.25 bits per heavy atom. The fraction of sp³-hybridized carbons (Fsp3) is 0.333. The van der Waals surface area contributed by atoms with E-state index in [9.17, 15) is 0 Å². The van der Waals surface area contributed by atoms with Crippen molar-refractivity contribution in [2.75, 3.05) is 0 Å². The number of aromatic nitrogens is 3. The molecule has 0 atom stereocenters. The van der Waals surface area contributed by atoms with Gasteiger partial charge in [-0.15, -0.1) is 0 Å². The lowest BCUT2D eigenvalue weighted by Gasteiger charge is -1.96. The Labute approximate surface area is 69.9 Å². The third kappa shape index (κ3) is 0.763. The molecule has 1 N–H and O–H groups in total. The van der Waals surface area contributed by atoms with Crippen LogP contribution in [0, 0.1) is 0 Å². The van der Waals surface area contributed by atoms with E-state index in [4.69, 9.17) is 0 Å². The number of hydrogen-bond acceptors (Lipinski definition) is 2. The molecule has 3 heteroatoms. The highest BCUT2D eigenvalue weighted by atomic mass is 14.9. The predicted molar refractivity (Wildman–Crippen MR) is 45.9 cm³/mol. The van der Waals surface area contributed by atoms with Crippen molar-refractivity contribution >= 4 is 11.0 Å². The second-order valence-electron chi connectivity index (χ2n) is 3.27. The zero-order chi connectivity index (χ0) is 7.97. The number of fused-ring (bicyclic) bond motifs is 1. The molecule has 0 saturated heterocycles. The van der Waals surface area contributed by atoms with E-state index in [1.54, 1.807) is 6.33 Å². The van der Waals surface area contributed by atoms with Crippen LogP contribution in [0.2, 0.25) is 0 Å². The van der Waals surface area contributed by atoms with Crippen LogP contribution in [0.25, 0.3) is 11.0 Å². The van der Waals surface area contributed by atoms with Gasteiger partial charge >= 0.3 is 0 Å². The van der Waals surface area contributed by atoms with Crippen LogP contribution in [-0.2, 0) is 0 Å². The van der Waals surface area contributed by atoms with Gasteiger partial charge in [0.1, 0.15) is 12.0 Å². The van der Waals surface area contributed by atoms with Gasteiger partial charge in [0.15, 0.2) is 0 Å². The molecule has 60 valence electrons.